The van der Waals surface area contributed by atoms with Gasteiger partial charge in [-0.25, -0.2) is 0 Å². The third kappa shape index (κ3) is 18.4. The molecule has 15 heteroatoms. The monoisotopic (exact) mass is 892 g/mol. The number of piperidine rings is 4. The van der Waals surface area contributed by atoms with Crippen molar-refractivity contribution in [1.29, 1.82) is 0 Å². The Hall–Kier alpha value is -2.40. The van der Waals surface area contributed by atoms with E-state index in [1.807, 2.05) is 0 Å². The molecule has 4 fully saturated rings. The molecule has 0 bridgehead atoms. The van der Waals surface area contributed by atoms with E-state index >= 15 is 0 Å². The molecule has 4 heterocycles. The second-order valence-corrected chi connectivity index (χ2v) is 24.7. The van der Waals surface area contributed by atoms with Gasteiger partial charge in [-0.05, 0) is 111 Å². The minimum Gasteiger partial charge on any atom is -0.462 e. The normalized spacial score (nSPS) is 26.2. The maximum atomic E-state index is 13.8. The Morgan fingerprint density at radius 2 is 0.619 bits per heavy atom. The quantitative estimate of drug-likeness (QED) is 0.0571. The number of hydrogen-bond donors (Lipinski definition) is 7. The summed E-state index contributed by atoms with van der Waals surface area (Å²) in [4.78, 5) is 54.6. The Labute approximate surface area is 380 Å². The van der Waals surface area contributed by atoms with Crippen LogP contribution >= 0.6 is 0 Å². The number of esters is 4. The predicted molar refractivity (Wildman–Crippen MR) is 247 cm³/mol. The van der Waals surface area contributed by atoms with E-state index in [1.54, 1.807) is 0 Å². The zero-order valence-corrected chi connectivity index (χ0v) is 42.1. The van der Waals surface area contributed by atoms with Gasteiger partial charge in [-0.15, -0.1) is 0 Å². The van der Waals surface area contributed by atoms with Crippen LogP contribution in [0.1, 0.15) is 175 Å². The molecule has 0 amide bonds. The summed E-state index contributed by atoms with van der Waals surface area (Å²) < 4.78 is 24.3. The molecular formula is C48H89N7O8. The van der Waals surface area contributed by atoms with Crippen molar-refractivity contribution in [2.24, 2.45) is 0 Å². The van der Waals surface area contributed by atoms with Crippen LogP contribution in [0.25, 0.3) is 0 Å². The van der Waals surface area contributed by atoms with Crippen molar-refractivity contribution in [2.45, 2.75) is 256 Å². The highest BCUT2D eigenvalue weighted by atomic mass is 16.6. The number of rotatable bonds is 18. The second-order valence-electron chi connectivity index (χ2n) is 24.7. The van der Waals surface area contributed by atoms with Crippen molar-refractivity contribution in [3.63, 3.8) is 0 Å². The van der Waals surface area contributed by atoms with E-state index in [0.717, 1.165) is 0 Å². The molecule has 4 aliphatic rings. The molecule has 7 N–H and O–H groups in total. The molecule has 2 atom stereocenters. The van der Waals surface area contributed by atoms with Crippen LogP contribution in [0.2, 0.25) is 0 Å². The first kappa shape index (κ1) is 53.2. The molecular weight excluding hydrogens is 803 g/mol. The third-order valence-electron chi connectivity index (χ3n) is 12.5. The lowest BCUT2D eigenvalue weighted by atomic mass is 9.81. The Morgan fingerprint density at radius 3 is 0.857 bits per heavy atom. The summed E-state index contributed by atoms with van der Waals surface area (Å²) in [6.45, 7) is 35.3. The molecule has 0 aliphatic carbocycles. The zero-order chi connectivity index (χ0) is 47.5. The van der Waals surface area contributed by atoms with Crippen molar-refractivity contribution >= 4 is 23.9 Å². The van der Waals surface area contributed by atoms with Crippen molar-refractivity contribution in [1.82, 2.24) is 37.2 Å². The minimum absolute atomic E-state index is 0.152. The van der Waals surface area contributed by atoms with Gasteiger partial charge >= 0.3 is 23.9 Å². The predicted octanol–water partition coefficient (Wildman–Crippen LogP) is 4.68. The van der Waals surface area contributed by atoms with Gasteiger partial charge < -0.3 is 56.2 Å². The van der Waals surface area contributed by atoms with E-state index < -0.39 is 36.0 Å². The van der Waals surface area contributed by atoms with Gasteiger partial charge in [-0.1, -0.05) is 0 Å². The first-order valence-electron chi connectivity index (χ1n) is 23.8. The fourth-order valence-electron chi connectivity index (χ4n) is 11.8. The summed E-state index contributed by atoms with van der Waals surface area (Å²) in [6.07, 6.45) is 3.85. The summed E-state index contributed by atoms with van der Waals surface area (Å²) in [5.74, 6) is -1.81. The summed E-state index contributed by atoms with van der Waals surface area (Å²) in [5.41, 5.74) is -1.70. The number of carbonyl (C=O) groups is 4. The summed E-state index contributed by atoms with van der Waals surface area (Å²) in [7, 11) is 0. The van der Waals surface area contributed by atoms with Crippen LogP contribution in [-0.2, 0) is 38.1 Å². The highest BCUT2D eigenvalue weighted by Gasteiger charge is 2.44. The molecule has 15 nitrogen and oxygen atoms in total. The molecule has 0 spiro atoms. The van der Waals surface area contributed by atoms with Crippen LogP contribution in [0, 0.1) is 0 Å². The average Bonchev–Trinajstić information content (AvgIpc) is 3.00. The van der Waals surface area contributed by atoms with E-state index in [4.69, 9.17) is 18.9 Å². The zero-order valence-electron chi connectivity index (χ0n) is 42.1. The fourth-order valence-corrected chi connectivity index (χ4v) is 11.8. The number of nitrogens with one attached hydrogen (secondary N) is 7. The van der Waals surface area contributed by atoms with Crippen LogP contribution in [-0.4, -0.2) is 131 Å². The van der Waals surface area contributed by atoms with Gasteiger partial charge in [0.25, 0.3) is 0 Å². The highest BCUT2D eigenvalue weighted by Crippen LogP contribution is 2.34. The second kappa shape index (κ2) is 20.2. The molecule has 4 aliphatic heterocycles. The van der Waals surface area contributed by atoms with Crippen molar-refractivity contribution < 1.29 is 38.1 Å². The third-order valence-corrected chi connectivity index (χ3v) is 12.5. The van der Waals surface area contributed by atoms with Crippen LogP contribution in [0.15, 0.2) is 0 Å². The van der Waals surface area contributed by atoms with Gasteiger partial charge in [0.2, 0.25) is 0 Å². The smallest absolute Gasteiger partial charge is 0.324 e. The van der Waals surface area contributed by atoms with Crippen LogP contribution in [0.4, 0.5) is 0 Å². The maximum Gasteiger partial charge on any atom is 0.324 e. The molecule has 0 saturated carbocycles. The van der Waals surface area contributed by atoms with E-state index in [-0.39, 0.29) is 81.6 Å². The lowest BCUT2D eigenvalue weighted by Gasteiger charge is -2.46. The lowest BCUT2D eigenvalue weighted by molar-refractivity contribution is -0.162. The van der Waals surface area contributed by atoms with Gasteiger partial charge in [0.05, 0.1) is 12.8 Å². The number of ether oxygens (including phenoxy) is 4. The Kier molecular flexibility index (Phi) is 17.1. The molecule has 0 radical (unpaired) electrons. The van der Waals surface area contributed by atoms with Gasteiger partial charge in [-0.3, -0.25) is 19.2 Å². The van der Waals surface area contributed by atoms with E-state index in [1.165, 1.54) is 0 Å². The molecule has 63 heavy (non-hydrogen) atoms. The molecule has 0 aromatic carbocycles. The molecule has 4 rings (SSSR count). The molecule has 0 aromatic heterocycles. The summed E-state index contributed by atoms with van der Waals surface area (Å²) in [5, 5.41) is 24.4. The topological polar surface area (TPSA) is 189 Å². The SMILES string of the molecule is CC1(C)CC(OC(=O)C[C@H](NCCNCCN[C@@H](CC(=O)OC2CC(C)(C)NC(C)(C)C2)C(=O)OC2CC(C)(C)NC(C)(C)C2)C(=O)OC2CC(C)(C)NC(C)(C)C2)CC(C)(C)N1. The van der Waals surface area contributed by atoms with Crippen LogP contribution in [0.5, 0.6) is 0 Å². The van der Waals surface area contributed by atoms with Gasteiger partial charge in [0.1, 0.15) is 36.5 Å². The van der Waals surface area contributed by atoms with Crippen LogP contribution in [0.3, 0.4) is 0 Å². The van der Waals surface area contributed by atoms with E-state index in [9.17, 15) is 19.2 Å². The molecule has 0 aromatic rings. The largest absolute Gasteiger partial charge is 0.462 e. The van der Waals surface area contributed by atoms with Crippen molar-refractivity contribution in [3.8, 4) is 0 Å². The van der Waals surface area contributed by atoms with Crippen molar-refractivity contribution in [2.75, 3.05) is 26.2 Å². The summed E-state index contributed by atoms with van der Waals surface area (Å²) >= 11 is 0. The Morgan fingerprint density at radius 1 is 0.397 bits per heavy atom. The van der Waals surface area contributed by atoms with Crippen molar-refractivity contribution in [3.05, 3.63) is 0 Å². The molecule has 4 saturated heterocycles. The van der Waals surface area contributed by atoms with E-state index in [2.05, 4.69) is 148 Å². The summed E-state index contributed by atoms with van der Waals surface area (Å²) in [6, 6.07) is -1.79. The molecule has 0 unspecified atom stereocenters. The maximum absolute atomic E-state index is 13.8. The highest BCUT2D eigenvalue weighted by molar-refractivity contribution is 5.83. The minimum atomic E-state index is -0.896. The molecule has 364 valence electrons. The number of hydrogen-bond acceptors (Lipinski definition) is 15. The first-order chi connectivity index (χ1) is 28.6. The van der Waals surface area contributed by atoms with Crippen LogP contribution < -0.4 is 37.2 Å². The standard InChI is InChI=1S/C48H89N7O8/c1-41(2)23-31(24-42(3,4)52-41)60-37(56)21-35(39(58)62-33-27-45(9,10)54-46(11,12)28-33)50-19-17-49-18-20-51-36(40(59)63-34-29-47(13,14)55-48(15,16)30-34)22-38(57)61-32-25-43(5,6)53-44(7,8)26-32/h31-36,49-55H,17-30H2,1-16H3/t35-,36-/m0/s1. The van der Waals surface area contributed by atoms with Gasteiger partial charge in [0, 0.05) is 122 Å². The average molecular weight is 892 g/mol. The Balaban J connectivity index is 1.35. The van der Waals surface area contributed by atoms with E-state index in [0.29, 0.717) is 77.5 Å². The van der Waals surface area contributed by atoms with Gasteiger partial charge in [0.15, 0.2) is 0 Å². The van der Waals surface area contributed by atoms with Gasteiger partial charge in [-0.2, -0.15) is 0 Å². The Bertz CT molecular complexity index is 1410. The first-order valence-corrected chi connectivity index (χ1v) is 23.8. The lowest BCUT2D eigenvalue weighted by Crippen LogP contribution is -2.60. The fraction of sp³-hybridized carbons (Fsp3) is 0.917. The number of carbonyl (C=O) groups excluding carboxylic acids is 4.